The number of carbonyl (C=O) groups is 1. The van der Waals surface area contributed by atoms with E-state index >= 15 is 0 Å². The molecule has 0 radical (unpaired) electrons. The Kier molecular flexibility index (Phi) is 2.72. The van der Waals surface area contributed by atoms with Gasteiger partial charge < -0.3 is 4.79 Å². The summed E-state index contributed by atoms with van der Waals surface area (Å²) in [5.74, 6) is 0. The Hall–Kier alpha value is -2.10. The molecule has 0 atom stereocenters. The number of carbonyl (C=O) groups excluding carboxylic acids is 1. The van der Waals surface area contributed by atoms with Crippen molar-refractivity contribution in [3.05, 3.63) is 51.9 Å². The van der Waals surface area contributed by atoms with Gasteiger partial charge >= 0.3 is 0 Å². The van der Waals surface area contributed by atoms with Crippen LogP contribution in [0.3, 0.4) is 0 Å². The lowest BCUT2D eigenvalue weighted by Crippen LogP contribution is -2.14. The van der Waals surface area contributed by atoms with Gasteiger partial charge in [0, 0.05) is 18.2 Å². The normalized spacial score (nSPS) is 10.3. The number of aldehydes is 1. The van der Waals surface area contributed by atoms with Gasteiger partial charge in [0.2, 0.25) is 0 Å². The van der Waals surface area contributed by atoms with Crippen molar-refractivity contribution in [2.24, 2.45) is 0 Å². The molecule has 2 aromatic rings. The number of para-hydroxylation sites is 1. The Morgan fingerprint density at radius 3 is 2.81 bits per heavy atom. The second-order valence-electron chi connectivity index (χ2n) is 3.61. The summed E-state index contributed by atoms with van der Waals surface area (Å²) >= 11 is 0. The van der Waals surface area contributed by atoms with Crippen LogP contribution in [0.25, 0.3) is 5.69 Å². The van der Waals surface area contributed by atoms with Gasteiger partial charge in [-0.2, -0.15) is 0 Å². The molecule has 0 fully saturated rings. The molecular formula is C12H12N2O2. The van der Waals surface area contributed by atoms with Crippen molar-refractivity contribution in [2.75, 3.05) is 0 Å². The SMILES string of the molecule is Cc1ccccc1-n1[nH]c(CC=O)cc1=O. The van der Waals surface area contributed by atoms with Crippen LogP contribution in [-0.2, 0) is 11.2 Å². The Labute approximate surface area is 92.5 Å². The first kappa shape index (κ1) is 10.4. The molecule has 0 aliphatic rings. The number of nitrogens with zero attached hydrogens (tertiary/aromatic N) is 1. The maximum absolute atomic E-state index is 11.7. The van der Waals surface area contributed by atoms with Gasteiger partial charge in [-0.25, -0.2) is 4.68 Å². The minimum Gasteiger partial charge on any atom is -0.303 e. The summed E-state index contributed by atoms with van der Waals surface area (Å²) in [5, 5.41) is 2.91. The molecule has 82 valence electrons. The van der Waals surface area contributed by atoms with E-state index in [0.717, 1.165) is 17.5 Å². The summed E-state index contributed by atoms with van der Waals surface area (Å²) in [7, 11) is 0. The van der Waals surface area contributed by atoms with Crippen LogP contribution in [-0.4, -0.2) is 16.1 Å². The third kappa shape index (κ3) is 1.82. The van der Waals surface area contributed by atoms with Gasteiger partial charge in [-0.3, -0.25) is 9.89 Å². The number of benzene rings is 1. The standard InChI is InChI=1S/C12H12N2O2/c1-9-4-2-3-5-11(9)14-12(16)8-10(13-14)6-7-15/h2-5,7-8,13H,6H2,1H3. The van der Waals surface area contributed by atoms with E-state index in [1.807, 2.05) is 31.2 Å². The van der Waals surface area contributed by atoms with Crippen molar-refractivity contribution in [3.63, 3.8) is 0 Å². The molecule has 2 rings (SSSR count). The molecule has 0 spiro atoms. The Bertz CT molecular complexity index is 566. The fourth-order valence-electron chi connectivity index (χ4n) is 1.63. The molecule has 1 heterocycles. The smallest absolute Gasteiger partial charge is 0.271 e. The molecule has 0 saturated heterocycles. The van der Waals surface area contributed by atoms with Gasteiger partial charge in [0.15, 0.2) is 0 Å². The highest BCUT2D eigenvalue weighted by Gasteiger charge is 2.06. The van der Waals surface area contributed by atoms with E-state index in [-0.39, 0.29) is 12.0 Å². The van der Waals surface area contributed by atoms with Crippen LogP contribution in [0.2, 0.25) is 0 Å². The van der Waals surface area contributed by atoms with E-state index in [0.29, 0.717) is 5.69 Å². The zero-order valence-electron chi connectivity index (χ0n) is 8.93. The summed E-state index contributed by atoms with van der Waals surface area (Å²) in [5.41, 5.74) is 2.29. The molecular weight excluding hydrogens is 204 g/mol. The van der Waals surface area contributed by atoms with Crippen molar-refractivity contribution in [2.45, 2.75) is 13.3 Å². The number of aromatic amines is 1. The monoisotopic (exact) mass is 216 g/mol. The molecule has 0 unspecified atom stereocenters. The first-order valence-electron chi connectivity index (χ1n) is 5.03. The van der Waals surface area contributed by atoms with Crippen LogP contribution in [0, 0.1) is 6.92 Å². The lowest BCUT2D eigenvalue weighted by molar-refractivity contribution is -0.107. The van der Waals surface area contributed by atoms with Gasteiger partial charge in [0.25, 0.3) is 5.56 Å². The maximum atomic E-state index is 11.7. The highest BCUT2D eigenvalue weighted by atomic mass is 16.1. The molecule has 16 heavy (non-hydrogen) atoms. The van der Waals surface area contributed by atoms with Crippen molar-refractivity contribution < 1.29 is 4.79 Å². The van der Waals surface area contributed by atoms with Gasteiger partial charge in [-0.1, -0.05) is 18.2 Å². The molecule has 0 bridgehead atoms. The predicted molar refractivity (Wildman–Crippen MR) is 60.9 cm³/mol. The van der Waals surface area contributed by atoms with Crippen LogP contribution in [0.5, 0.6) is 0 Å². The van der Waals surface area contributed by atoms with Crippen LogP contribution in [0.1, 0.15) is 11.3 Å². The van der Waals surface area contributed by atoms with Crippen LogP contribution in [0.15, 0.2) is 35.1 Å². The third-order valence-electron chi connectivity index (χ3n) is 2.43. The Morgan fingerprint density at radius 1 is 1.38 bits per heavy atom. The first-order chi connectivity index (χ1) is 7.72. The van der Waals surface area contributed by atoms with Crippen LogP contribution in [0.4, 0.5) is 0 Å². The zero-order chi connectivity index (χ0) is 11.5. The van der Waals surface area contributed by atoms with Crippen molar-refractivity contribution in [1.29, 1.82) is 0 Å². The second-order valence-corrected chi connectivity index (χ2v) is 3.61. The highest BCUT2D eigenvalue weighted by Crippen LogP contribution is 2.10. The molecule has 0 saturated carbocycles. The summed E-state index contributed by atoms with van der Waals surface area (Å²) in [4.78, 5) is 22.1. The number of rotatable bonds is 3. The van der Waals surface area contributed by atoms with Crippen LogP contribution >= 0.6 is 0 Å². The number of aryl methyl sites for hydroxylation is 1. The molecule has 0 amide bonds. The van der Waals surface area contributed by atoms with Gasteiger partial charge in [0.05, 0.1) is 5.69 Å². The summed E-state index contributed by atoms with van der Waals surface area (Å²) in [6, 6.07) is 9.02. The summed E-state index contributed by atoms with van der Waals surface area (Å²) in [6.07, 6.45) is 1.00. The van der Waals surface area contributed by atoms with E-state index in [1.54, 1.807) is 0 Å². The lowest BCUT2D eigenvalue weighted by Gasteiger charge is -2.04. The van der Waals surface area contributed by atoms with E-state index in [4.69, 9.17) is 0 Å². The Morgan fingerprint density at radius 2 is 2.12 bits per heavy atom. The minimum atomic E-state index is -0.147. The van der Waals surface area contributed by atoms with E-state index in [9.17, 15) is 9.59 Å². The number of H-pyrrole nitrogens is 1. The van der Waals surface area contributed by atoms with Crippen molar-refractivity contribution in [1.82, 2.24) is 9.78 Å². The molecule has 0 aliphatic heterocycles. The average Bonchev–Trinajstić information content (AvgIpc) is 2.61. The lowest BCUT2D eigenvalue weighted by atomic mass is 10.2. The maximum Gasteiger partial charge on any atom is 0.271 e. The first-order valence-corrected chi connectivity index (χ1v) is 5.03. The molecule has 4 heteroatoms. The highest BCUT2D eigenvalue weighted by molar-refractivity contribution is 5.53. The average molecular weight is 216 g/mol. The number of aromatic nitrogens is 2. The fourth-order valence-corrected chi connectivity index (χ4v) is 1.63. The molecule has 1 aromatic carbocycles. The number of hydrogen-bond donors (Lipinski definition) is 1. The van der Waals surface area contributed by atoms with Gasteiger partial charge in [-0.05, 0) is 18.6 Å². The predicted octanol–water partition coefficient (Wildman–Crippen LogP) is 1.22. The molecule has 0 aliphatic carbocycles. The number of nitrogens with one attached hydrogen (secondary N) is 1. The minimum absolute atomic E-state index is 0.147. The number of hydrogen-bond acceptors (Lipinski definition) is 2. The van der Waals surface area contributed by atoms with E-state index in [1.165, 1.54) is 10.7 Å². The van der Waals surface area contributed by atoms with Crippen molar-refractivity contribution in [3.8, 4) is 5.69 Å². The van der Waals surface area contributed by atoms with Gasteiger partial charge in [-0.15, -0.1) is 0 Å². The molecule has 1 aromatic heterocycles. The molecule has 4 nitrogen and oxygen atoms in total. The van der Waals surface area contributed by atoms with E-state index < -0.39 is 0 Å². The van der Waals surface area contributed by atoms with Crippen molar-refractivity contribution >= 4 is 6.29 Å². The van der Waals surface area contributed by atoms with Crippen LogP contribution < -0.4 is 5.56 Å². The second kappa shape index (κ2) is 4.18. The Balaban J connectivity index is 2.52. The van der Waals surface area contributed by atoms with E-state index in [2.05, 4.69) is 5.10 Å². The largest absolute Gasteiger partial charge is 0.303 e. The molecule has 1 N–H and O–H groups in total. The fraction of sp³-hybridized carbons (Fsp3) is 0.167. The zero-order valence-corrected chi connectivity index (χ0v) is 8.93. The third-order valence-corrected chi connectivity index (χ3v) is 2.43. The summed E-state index contributed by atoms with van der Waals surface area (Å²) < 4.78 is 1.45. The van der Waals surface area contributed by atoms with Gasteiger partial charge in [0.1, 0.15) is 6.29 Å². The summed E-state index contributed by atoms with van der Waals surface area (Å²) in [6.45, 7) is 1.93. The topological polar surface area (TPSA) is 54.9 Å². The quantitative estimate of drug-likeness (QED) is 0.784.